The monoisotopic (exact) mass is 415 g/mol. The first-order valence-corrected chi connectivity index (χ1v) is 9.70. The van der Waals surface area contributed by atoms with Crippen LogP contribution in [0.4, 0.5) is 10.2 Å². The van der Waals surface area contributed by atoms with Gasteiger partial charge in [-0.05, 0) is 59.9 Å². The number of carbonyl (C=O) groups is 1. The summed E-state index contributed by atoms with van der Waals surface area (Å²) in [5.41, 5.74) is 1.94. The lowest BCUT2D eigenvalue weighted by atomic mass is 10.0. The first kappa shape index (κ1) is 20.3. The van der Waals surface area contributed by atoms with Crippen LogP contribution in [0.25, 0.3) is 10.8 Å². The van der Waals surface area contributed by atoms with E-state index in [9.17, 15) is 9.18 Å². The molecular weight excluding hydrogens is 396 g/mol. The largest absolute Gasteiger partial charge is 0.478 e. The van der Waals surface area contributed by atoms with Gasteiger partial charge in [0.05, 0.1) is 10.9 Å². The average Bonchev–Trinajstić information content (AvgIpc) is 2.73. The number of pyridine rings is 2. The minimum atomic E-state index is -0.969. The van der Waals surface area contributed by atoms with Gasteiger partial charge < -0.3 is 15.2 Å². The lowest BCUT2D eigenvalue weighted by Crippen LogP contribution is -2.15. The second-order valence-corrected chi connectivity index (χ2v) is 7.18. The molecule has 0 spiro atoms. The molecule has 4 rings (SSSR count). The van der Waals surface area contributed by atoms with Crippen molar-refractivity contribution in [2.45, 2.75) is 13.0 Å². The Bertz CT molecular complexity index is 1260. The van der Waals surface area contributed by atoms with Crippen LogP contribution in [0.1, 0.15) is 28.9 Å². The fourth-order valence-corrected chi connectivity index (χ4v) is 3.33. The summed E-state index contributed by atoms with van der Waals surface area (Å²) in [6.07, 6.45) is 1.63. The maximum absolute atomic E-state index is 13.6. The molecule has 31 heavy (non-hydrogen) atoms. The summed E-state index contributed by atoms with van der Waals surface area (Å²) in [7, 11) is 1.89. The van der Waals surface area contributed by atoms with Crippen molar-refractivity contribution >= 4 is 36.0 Å². The van der Waals surface area contributed by atoms with Crippen molar-refractivity contribution in [1.82, 2.24) is 9.97 Å². The third kappa shape index (κ3) is 4.48. The number of carboxylic acid groups (broad SMARTS) is 1. The summed E-state index contributed by atoms with van der Waals surface area (Å²) in [6.45, 7) is 1.95. The van der Waals surface area contributed by atoms with Crippen molar-refractivity contribution in [3.8, 4) is 11.6 Å². The SMILES string of the molecule is Bc1cc2ccnc(Oc3cccc(F)c3)c2c(N[C@@H](C)c2ccc(C(=O)O)cc2)n1. The normalized spacial score (nSPS) is 11.8. The zero-order chi connectivity index (χ0) is 22.0. The van der Waals surface area contributed by atoms with E-state index < -0.39 is 11.8 Å². The van der Waals surface area contributed by atoms with Gasteiger partial charge >= 0.3 is 5.97 Å². The van der Waals surface area contributed by atoms with E-state index in [1.54, 1.807) is 42.6 Å². The van der Waals surface area contributed by atoms with Gasteiger partial charge in [-0.25, -0.2) is 19.2 Å². The van der Waals surface area contributed by atoms with Crippen LogP contribution in [0.2, 0.25) is 0 Å². The molecule has 0 aliphatic rings. The molecule has 0 saturated heterocycles. The first-order chi connectivity index (χ1) is 14.9. The van der Waals surface area contributed by atoms with Crippen molar-refractivity contribution in [1.29, 1.82) is 0 Å². The molecule has 0 fully saturated rings. The summed E-state index contributed by atoms with van der Waals surface area (Å²) >= 11 is 0. The lowest BCUT2D eigenvalue weighted by Gasteiger charge is -2.18. The van der Waals surface area contributed by atoms with Crippen LogP contribution in [0.5, 0.6) is 11.6 Å². The number of carboxylic acids is 1. The zero-order valence-electron chi connectivity index (χ0n) is 17.0. The first-order valence-electron chi connectivity index (χ1n) is 9.70. The number of anilines is 1. The molecule has 0 aliphatic heterocycles. The number of hydrogen-bond acceptors (Lipinski definition) is 5. The number of hydrogen-bond donors (Lipinski definition) is 2. The smallest absolute Gasteiger partial charge is 0.335 e. The van der Waals surface area contributed by atoms with E-state index >= 15 is 0 Å². The molecule has 0 aliphatic carbocycles. The van der Waals surface area contributed by atoms with Gasteiger partial charge in [-0.15, -0.1) is 0 Å². The van der Waals surface area contributed by atoms with E-state index in [0.717, 1.165) is 16.5 Å². The highest BCUT2D eigenvalue weighted by Crippen LogP contribution is 2.33. The second kappa shape index (κ2) is 8.43. The molecular formula is C23H19BFN3O3. The highest BCUT2D eigenvalue weighted by atomic mass is 19.1. The molecule has 0 radical (unpaired) electrons. The van der Waals surface area contributed by atoms with Crippen molar-refractivity contribution in [2.24, 2.45) is 0 Å². The summed E-state index contributed by atoms with van der Waals surface area (Å²) in [4.78, 5) is 20.1. The molecule has 154 valence electrons. The molecule has 0 bridgehead atoms. The number of nitrogens with zero attached hydrogens (tertiary/aromatic N) is 2. The van der Waals surface area contributed by atoms with E-state index in [2.05, 4.69) is 15.3 Å². The topological polar surface area (TPSA) is 84.3 Å². The predicted molar refractivity (Wildman–Crippen MR) is 120 cm³/mol. The van der Waals surface area contributed by atoms with Crippen LogP contribution < -0.4 is 15.6 Å². The number of ether oxygens (including phenoxy) is 1. The van der Waals surface area contributed by atoms with Gasteiger partial charge in [0.15, 0.2) is 7.85 Å². The van der Waals surface area contributed by atoms with Crippen LogP contribution >= 0.6 is 0 Å². The zero-order valence-corrected chi connectivity index (χ0v) is 17.0. The van der Waals surface area contributed by atoms with Crippen LogP contribution in [-0.2, 0) is 0 Å². The number of nitrogens with one attached hydrogen (secondary N) is 1. The van der Waals surface area contributed by atoms with E-state index in [-0.39, 0.29) is 11.6 Å². The second-order valence-electron chi connectivity index (χ2n) is 7.18. The molecule has 1 atom stereocenters. The Balaban J connectivity index is 1.71. The predicted octanol–water partition coefficient (Wildman–Crippen LogP) is 3.69. The highest BCUT2D eigenvalue weighted by Gasteiger charge is 2.16. The quantitative estimate of drug-likeness (QED) is 0.468. The van der Waals surface area contributed by atoms with E-state index in [0.29, 0.717) is 22.8 Å². The van der Waals surface area contributed by atoms with Crippen molar-refractivity contribution in [2.75, 3.05) is 5.32 Å². The van der Waals surface area contributed by atoms with Crippen LogP contribution in [0, 0.1) is 5.82 Å². The molecule has 6 nitrogen and oxygen atoms in total. The molecule has 4 aromatic rings. The van der Waals surface area contributed by atoms with E-state index in [1.807, 2.05) is 26.9 Å². The molecule has 0 saturated carbocycles. The Kier molecular flexibility index (Phi) is 5.53. The average molecular weight is 415 g/mol. The molecule has 2 aromatic heterocycles. The van der Waals surface area contributed by atoms with Gasteiger partial charge in [0.1, 0.15) is 17.4 Å². The van der Waals surface area contributed by atoms with Gasteiger partial charge in [-0.3, -0.25) is 0 Å². The van der Waals surface area contributed by atoms with Crippen LogP contribution in [0.15, 0.2) is 66.9 Å². The summed E-state index contributed by atoms with van der Waals surface area (Å²) in [5.74, 6) is -0.146. The van der Waals surface area contributed by atoms with Gasteiger partial charge in [-0.1, -0.05) is 18.2 Å². The number of fused-ring (bicyclic) bond motifs is 1. The molecule has 2 heterocycles. The summed E-state index contributed by atoms with van der Waals surface area (Å²) in [5, 5.41) is 14.0. The molecule has 8 heteroatoms. The molecule has 2 aromatic carbocycles. The van der Waals surface area contributed by atoms with E-state index in [4.69, 9.17) is 9.84 Å². The minimum Gasteiger partial charge on any atom is -0.478 e. The summed E-state index contributed by atoms with van der Waals surface area (Å²) < 4.78 is 19.5. The number of aromatic carboxylic acids is 1. The molecule has 2 N–H and O–H groups in total. The third-order valence-electron chi connectivity index (χ3n) is 4.86. The maximum Gasteiger partial charge on any atom is 0.335 e. The van der Waals surface area contributed by atoms with E-state index in [1.165, 1.54) is 12.1 Å². The van der Waals surface area contributed by atoms with Gasteiger partial charge in [0.25, 0.3) is 0 Å². The number of benzene rings is 2. The van der Waals surface area contributed by atoms with Gasteiger partial charge in [-0.2, -0.15) is 0 Å². The van der Waals surface area contributed by atoms with Crippen molar-refractivity contribution in [3.63, 3.8) is 0 Å². The van der Waals surface area contributed by atoms with Crippen LogP contribution in [-0.4, -0.2) is 28.9 Å². The lowest BCUT2D eigenvalue weighted by molar-refractivity contribution is 0.0697. The Hall–Kier alpha value is -3.94. The Morgan fingerprint density at radius 2 is 1.94 bits per heavy atom. The number of rotatable bonds is 6. The van der Waals surface area contributed by atoms with Gasteiger partial charge in [0.2, 0.25) is 5.88 Å². The third-order valence-corrected chi connectivity index (χ3v) is 4.86. The van der Waals surface area contributed by atoms with Gasteiger partial charge in [0, 0.05) is 18.3 Å². The minimum absolute atomic E-state index is 0.164. The summed E-state index contributed by atoms with van der Waals surface area (Å²) in [6, 6.07) is 16.2. The maximum atomic E-state index is 13.6. The fraction of sp³-hybridized carbons (Fsp3) is 0.0870. The number of halogens is 1. The van der Waals surface area contributed by atoms with Crippen molar-refractivity contribution < 1.29 is 19.0 Å². The molecule has 0 unspecified atom stereocenters. The highest BCUT2D eigenvalue weighted by molar-refractivity contribution is 6.32. The number of aromatic nitrogens is 2. The Labute approximate surface area is 179 Å². The fourth-order valence-electron chi connectivity index (χ4n) is 3.33. The Morgan fingerprint density at radius 3 is 2.65 bits per heavy atom. The Morgan fingerprint density at radius 1 is 1.16 bits per heavy atom. The van der Waals surface area contributed by atoms with Crippen LogP contribution in [0.3, 0.4) is 0 Å². The molecule has 0 amide bonds. The van der Waals surface area contributed by atoms with Crippen molar-refractivity contribution in [3.05, 3.63) is 83.8 Å². The standard InChI is InChI=1S/C23H19BFN3O3/c1-13(14-5-7-15(8-6-14)23(29)30)27-21-20-16(11-19(24)28-21)9-10-26-22(20)31-18-4-2-3-17(25)12-18/h2-13H,24H2,1H3,(H,27,28)(H,29,30)/t13-/m0/s1.